The van der Waals surface area contributed by atoms with Gasteiger partial charge in [-0.15, -0.1) is 0 Å². The van der Waals surface area contributed by atoms with Crippen molar-refractivity contribution < 1.29 is 9.84 Å². The van der Waals surface area contributed by atoms with Gasteiger partial charge in [0.25, 0.3) is 0 Å². The molecule has 4 heteroatoms. The molecule has 0 saturated heterocycles. The first kappa shape index (κ1) is 13.8. The van der Waals surface area contributed by atoms with Crippen LogP contribution in [0.25, 0.3) is 0 Å². The third kappa shape index (κ3) is 4.24. The van der Waals surface area contributed by atoms with Crippen molar-refractivity contribution in [3.05, 3.63) is 23.8 Å². The molecule has 96 valence electrons. The normalized spacial score (nSPS) is 10.8. The van der Waals surface area contributed by atoms with Crippen molar-refractivity contribution in [2.45, 2.75) is 20.4 Å². The van der Waals surface area contributed by atoms with Gasteiger partial charge < -0.3 is 15.6 Å². The van der Waals surface area contributed by atoms with Crippen molar-refractivity contribution >= 4 is 5.69 Å². The van der Waals surface area contributed by atoms with Gasteiger partial charge in [0.15, 0.2) is 0 Å². The van der Waals surface area contributed by atoms with Gasteiger partial charge in [0.2, 0.25) is 0 Å². The molecule has 1 rings (SSSR count). The number of aliphatic hydroxyl groups excluding tert-OH is 1. The molecule has 0 spiro atoms. The van der Waals surface area contributed by atoms with Crippen LogP contribution in [0, 0.1) is 0 Å². The molecule has 0 saturated carbocycles. The Morgan fingerprint density at radius 2 is 2.12 bits per heavy atom. The maximum Gasteiger partial charge on any atom is 0.123 e. The molecule has 17 heavy (non-hydrogen) atoms. The highest BCUT2D eigenvalue weighted by molar-refractivity contribution is 5.47. The molecule has 0 fully saturated rings. The zero-order valence-electron chi connectivity index (χ0n) is 10.6. The number of ether oxygens (including phenoxy) is 1. The van der Waals surface area contributed by atoms with Crippen LogP contribution in [0.2, 0.25) is 0 Å². The number of nitrogen functional groups attached to an aromatic ring is 1. The summed E-state index contributed by atoms with van der Waals surface area (Å²) < 4.78 is 5.57. The first-order valence-electron chi connectivity index (χ1n) is 6.05. The highest BCUT2D eigenvalue weighted by Gasteiger charge is 2.08. The molecule has 0 unspecified atom stereocenters. The minimum atomic E-state index is 0.167. The fraction of sp³-hybridized carbons (Fsp3) is 0.538. The molecule has 1 aromatic rings. The summed E-state index contributed by atoms with van der Waals surface area (Å²) in [5.41, 5.74) is 7.60. The molecular formula is C13H22N2O2. The first-order chi connectivity index (χ1) is 8.21. The molecular weight excluding hydrogens is 216 g/mol. The van der Waals surface area contributed by atoms with Crippen molar-refractivity contribution in [3.8, 4) is 5.75 Å². The number of hydrogen-bond donors (Lipinski definition) is 2. The molecule has 0 aliphatic heterocycles. The monoisotopic (exact) mass is 238 g/mol. The third-order valence-corrected chi connectivity index (χ3v) is 2.64. The quantitative estimate of drug-likeness (QED) is 0.706. The highest BCUT2D eigenvalue weighted by Crippen LogP contribution is 2.23. The first-order valence-corrected chi connectivity index (χ1v) is 6.05. The van der Waals surface area contributed by atoms with E-state index in [-0.39, 0.29) is 6.61 Å². The highest BCUT2D eigenvalue weighted by atomic mass is 16.5. The summed E-state index contributed by atoms with van der Waals surface area (Å²) in [7, 11) is 0. The lowest BCUT2D eigenvalue weighted by atomic mass is 10.1. The number of likely N-dealkylation sites (N-methyl/N-ethyl adjacent to an activating group) is 1. The Hall–Kier alpha value is -1.26. The van der Waals surface area contributed by atoms with Gasteiger partial charge in [-0.05, 0) is 31.7 Å². The van der Waals surface area contributed by atoms with Crippen LogP contribution in [-0.2, 0) is 6.54 Å². The van der Waals surface area contributed by atoms with Gasteiger partial charge in [-0.3, -0.25) is 4.90 Å². The van der Waals surface area contributed by atoms with Crippen LogP contribution in [0.5, 0.6) is 5.75 Å². The summed E-state index contributed by atoms with van der Waals surface area (Å²) in [6, 6.07) is 5.68. The van der Waals surface area contributed by atoms with Crippen molar-refractivity contribution in [3.63, 3.8) is 0 Å². The van der Waals surface area contributed by atoms with Crippen LogP contribution in [0.3, 0.4) is 0 Å². The Morgan fingerprint density at radius 1 is 1.35 bits per heavy atom. The molecule has 0 aliphatic rings. The lowest BCUT2D eigenvalue weighted by molar-refractivity contribution is 0.194. The smallest absolute Gasteiger partial charge is 0.123 e. The van der Waals surface area contributed by atoms with Crippen molar-refractivity contribution in [2.24, 2.45) is 0 Å². The molecule has 4 nitrogen and oxygen atoms in total. The standard InChI is InChI=1S/C13H22N2O2/c1-3-15(7-8-16)10-11-9-12(14)5-6-13(11)17-4-2/h5-6,9,16H,3-4,7-8,10,14H2,1-2H3. The van der Waals surface area contributed by atoms with E-state index in [2.05, 4.69) is 11.8 Å². The van der Waals surface area contributed by atoms with E-state index in [0.717, 1.165) is 30.1 Å². The molecule has 0 atom stereocenters. The lowest BCUT2D eigenvalue weighted by Crippen LogP contribution is -2.26. The minimum absolute atomic E-state index is 0.167. The van der Waals surface area contributed by atoms with Crippen molar-refractivity contribution in [1.29, 1.82) is 0 Å². The average Bonchev–Trinajstić information content (AvgIpc) is 2.32. The second-order valence-corrected chi connectivity index (χ2v) is 3.89. The number of nitrogens with zero attached hydrogens (tertiary/aromatic N) is 1. The summed E-state index contributed by atoms with van der Waals surface area (Å²) in [4.78, 5) is 2.15. The molecule has 1 aromatic carbocycles. The largest absolute Gasteiger partial charge is 0.494 e. The van der Waals surface area contributed by atoms with E-state index in [0.29, 0.717) is 13.2 Å². The minimum Gasteiger partial charge on any atom is -0.494 e. The number of hydrogen-bond acceptors (Lipinski definition) is 4. The van der Waals surface area contributed by atoms with Gasteiger partial charge in [0.1, 0.15) is 5.75 Å². The van der Waals surface area contributed by atoms with Gasteiger partial charge in [-0.1, -0.05) is 6.92 Å². The van der Waals surface area contributed by atoms with Crippen molar-refractivity contribution in [2.75, 3.05) is 32.0 Å². The van der Waals surface area contributed by atoms with E-state index in [9.17, 15) is 0 Å². The molecule has 0 bridgehead atoms. The van der Waals surface area contributed by atoms with Crippen LogP contribution in [0.15, 0.2) is 18.2 Å². The Morgan fingerprint density at radius 3 is 2.71 bits per heavy atom. The topological polar surface area (TPSA) is 58.7 Å². The molecule has 0 aromatic heterocycles. The Kier molecular flexibility index (Phi) is 5.80. The summed E-state index contributed by atoms with van der Waals surface area (Å²) in [5, 5.41) is 8.98. The van der Waals surface area contributed by atoms with Crippen LogP contribution >= 0.6 is 0 Å². The van der Waals surface area contributed by atoms with E-state index in [1.165, 1.54) is 0 Å². The summed E-state index contributed by atoms with van der Waals surface area (Å²) in [5.74, 6) is 0.873. The van der Waals surface area contributed by atoms with Gasteiger partial charge in [-0.2, -0.15) is 0 Å². The van der Waals surface area contributed by atoms with E-state index in [1.807, 2.05) is 25.1 Å². The zero-order chi connectivity index (χ0) is 12.7. The molecule has 0 aliphatic carbocycles. The average molecular weight is 238 g/mol. The molecule has 0 radical (unpaired) electrons. The van der Waals surface area contributed by atoms with Gasteiger partial charge in [-0.25, -0.2) is 0 Å². The number of nitrogens with two attached hydrogens (primary N) is 1. The third-order valence-electron chi connectivity index (χ3n) is 2.64. The van der Waals surface area contributed by atoms with Crippen LogP contribution < -0.4 is 10.5 Å². The Labute approximate surface area is 103 Å². The van der Waals surface area contributed by atoms with Crippen molar-refractivity contribution in [1.82, 2.24) is 4.90 Å². The van der Waals surface area contributed by atoms with E-state index in [1.54, 1.807) is 0 Å². The maximum absolute atomic E-state index is 8.98. The fourth-order valence-corrected chi connectivity index (χ4v) is 1.75. The van der Waals surface area contributed by atoms with Crippen LogP contribution in [0.4, 0.5) is 5.69 Å². The predicted octanol–water partition coefficient (Wildman–Crippen LogP) is 1.48. The van der Waals surface area contributed by atoms with E-state index in [4.69, 9.17) is 15.6 Å². The molecule has 0 amide bonds. The van der Waals surface area contributed by atoms with Gasteiger partial charge in [0.05, 0.1) is 13.2 Å². The Balaban J connectivity index is 2.82. The molecule has 3 N–H and O–H groups in total. The van der Waals surface area contributed by atoms with Crippen LogP contribution in [0.1, 0.15) is 19.4 Å². The summed E-state index contributed by atoms with van der Waals surface area (Å²) in [6.07, 6.45) is 0. The van der Waals surface area contributed by atoms with Crippen LogP contribution in [-0.4, -0.2) is 36.3 Å². The van der Waals surface area contributed by atoms with Gasteiger partial charge in [0, 0.05) is 24.3 Å². The van der Waals surface area contributed by atoms with Gasteiger partial charge >= 0.3 is 0 Å². The second-order valence-electron chi connectivity index (χ2n) is 3.89. The van der Waals surface area contributed by atoms with E-state index >= 15 is 0 Å². The molecule has 0 heterocycles. The lowest BCUT2D eigenvalue weighted by Gasteiger charge is -2.21. The number of benzene rings is 1. The number of anilines is 1. The maximum atomic E-state index is 8.98. The summed E-state index contributed by atoms with van der Waals surface area (Å²) >= 11 is 0. The second kappa shape index (κ2) is 7.14. The zero-order valence-corrected chi connectivity index (χ0v) is 10.6. The number of rotatable bonds is 7. The van der Waals surface area contributed by atoms with E-state index < -0.39 is 0 Å². The SMILES string of the molecule is CCOc1ccc(N)cc1CN(CC)CCO. The fourth-order valence-electron chi connectivity index (χ4n) is 1.75. The number of aliphatic hydroxyl groups is 1. The Bertz CT molecular complexity index is 342. The predicted molar refractivity (Wildman–Crippen MR) is 70.1 cm³/mol. The summed E-state index contributed by atoms with van der Waals surface area (Å²) in [6.45, 7) is 7.14.